The fraction of sp³-hybridized carbons (Fsp3) is 0.250. The lowest BCUT2D eigenvalue weighted by Gasteiger charge is -2.35. The van der Waals surface area contributed by atoms with Gasteiger partial charge in [0, 0.05) is 43.3 Å². The molecule has 4 rings (SSSR count). The van der Waals surface area contributed by atoms with E-state index in [9.17, 15) is 9.65 Å². The van der Waals surface area contributed by atoms with Crippen LogP contribution in [0, 0.1) is 23.1 Å². The second kappa shape index (κ2) is 9.79. The third-order valence-electron chi connectivity index (χ3n) is 6.41. The molecule has 2 aromatic carbocycles. The summed E-state index contributed by atoms with van der Waals surface area (Å²) in [6.07, 6.45) is 8.88. The first-order valence-electron chi connectivity index (χ1n) is 11.2. The number of anilines is 2. The van der Waals surface area contributed by atoms with E-state index in [1.807, 2.05) is 54.6 Å². The SMILES string of the molecule is C=C(Nc1cc(C#N)ccc1N1CCC(Cc2cccc(F)c2)CC1)C1=CC=CN(C)C1=C. The lowest BCUT2D eigenvalue weighted by molar-refractivity contribution is 0.403. The summed E-state index contributed by atoms with van der Waals surface area (Å²) in [6.45, 7) is 10.2. The summed E-state index contributed by atoms with van der Waals surface area (Å²) in [5, 5.41) is 12.9. The Balaban J connectivity index is 1.48. The molecule has 33 heavy (non-hydrogen) atoms. The molecule has 2 aliphatic rings. The first kappa shape index (κ1) is 22.4. The lowest BCUT2D eigenvalue weighted by Crippen LogP contribution is -2.34. The summed E-state index contributed by atoms with van der Waals surface area (Å²) in [7, 11) is 1.95. The Morgan fingerprint density at radius 2 is 2.00 bits per heavy atom. The van der Waals surface area contributed by atoms with Gasteiger partial charge in [0.2, 0.25) is 0 Å². The molecular formula is C28H29FN4. The Morgan fingerprint density at radius 1 is 1.21 bits per heavy atom. The van der Waals surface area contributed by atoms with Gasteiger partial charge < -0.3 is 15.1 Å². The minimum atomic E-state index is -0.170. The van der Waals surface area contributed by atoms with Crippen LogP contribution in [0.15, 0.2) is 90.9 Å². The largest absolute Gasteiger partial charge is 0.370 e. The molecule has 2 heterocycles. The standard InChI is InChI=1S/C28H29FN4/c1-20(26-8-5-13-32(3)21(26)2)31-27-18-24(19-30)9-10-28(27)33-14-11-22(12-15-33)16-23-6-4-7-25(29)17-23/h4-10,13,17-18,22,31H,1-2,11-12,14-16H2,3H3. The maximum Gasteiger partial charge on any atom is 0.123 e. The Hall–Kier alpha value is -3.78. The van der Waals surface area contributed by atoms with E-state index in [1.165, 1.54) is 6.07 Å². The molecule has 0 unspecified atom stereocenters. The van der Waals surface area contributed by atoms with E-state index in [4.69, 9.17) is 0 Å². The summed E-state index contributed by atoms with van der Waals surface area (Å²) in [4.78, 5) is 4.31. The van der Waals surface area contributed by atoms with Gasteiger partial charge in [0.25, 0.3) is 0 Å². The summed E-state index contributed by atoms with van der Waals surface area (Å²) in [5.41, 5.74) is 6.13. The topological polar surface area (TPSA) is 42.3 Å². The molecule has 168 valence electrons. The zero-order valence-corrected chi connectivity index (χ0v) is 19.0. The van der Waals surface area contributed by atoms with Crippen molar-refractivity contribution in [3.8, 4) is 6.07 Å². The number of halogens is 1. The van der Waals surface area contributed by atoms with Crippen LogP contribution in [-0.2, 0) is 6.42 Å². The van der Waals surface area contributed by atoms with Crippen molar-refractivity contribution in [3.63, 3.8) is 0 Å². The number of rotatable bonds is 6. The van der Waals surface area contributed by atoms with Crippen molar-refractivity contribution >= 4 is 11.4 Å². The third-order valence-corrected chi connectivity index (χ3v) is 6.41. The van der Waals surface area contributed by atoms with Crippen LogP contribution in [0.1, 0.15) is 24.0 Å². The van der Waals surface area contributed by atoms with Crippen LogP contribution in [-0.4, -0.2) is 25.0 Å². The van der Waals surface area contributed by atoms with E-state index in [-0.39, 0.29) is 5.82 Å². The predicted octanol–water partition coefficient (Wildman–Crippen LogP) is 5.98. The van der Waals surface area contributed by atoms with E-state index in [1.54, 1.807) is 12.1 Å². The van der Waals surface area contributed by atoms with Crippen LogP contribution < -0.4 is 10.2 Å². The van der Waals surface area contributed by atoms with Gasteiger partial charge in [-0.2, -0.15) is 5.26 Å². The molecule has 0 spiro atoms. The van der Waals surface area contributed by atoms with E-state index in [0.717, 1.165) is 66.3 Å². The fourth-order valence-electron chi connectivity index (χ4n) is 4.51. The molecule has 0 saturated carbocycles. The Kier molecular flexibility index (Phi) is 6.65. The fourth-order valence-corrected chi connectivity index (χ4v) is 4.51. The summed E-state index contributed by atoms with van der Waals surface area (Å²) in [5.74, 6) is 0.363. The van der Waals surface area contributed by atoms with Crippen molar-refractivity contribution in [2.24, 2.45) is 5.92 Å². The second-order valence-electron chi connectivity index (χ2n) is 8.69. The minimum Gasteiger partial charge on any atom is -0.370 e. The molecule has 0 bridgehead atoms. The molecule has 1 saturated heterocycles. The van der Waals surface area contributed by atoms with Crippen molar-refractivity contribution in [1.82, 2.24) is 4.90 Å². The van der Waals surface area contributed by atoms with Crippen LogP contribution in [0.25, 0.3) is 0 Å². The average molecular weight is 441 g/mol. The summed E-state index contributed by atoms with van der Waals surface area (Å²) >= 11 is 0. The molecule has 0 radical (unpaired) electrons. The van der Waals surface area contributed by atoms with Crippen LogP contribution in [0.5, 0.6) is 0 Å². The van der Waals surface area contributed by atoms with Crippen LogP contribution >= 0.6 is 0 Å². The Morgan fingerprint density at radius 3 is 2.73 bits per heavy atom. The van der Waals surface area contributed by atoms with Gasteiger partial charge in [0.1, 0.15) is 5.82 Å². The molecule has 4 nitrogen and oxygen atoms in total. The summed E-state index contributed by atoms with van der Waals surface area (Å²) in [6, 6.07) is 14.9. The molecular weight excluding hydrogens is 411 g/mol. The number of nitrogens with zero attached hydrogens (tertiary/aromatic N) is 3. The Bertz CT molecular complexity index is 1160. The highest BCUT2D eigenvalue weighted by molar-refractivity contribution is 5.75. The van der Waals surface area contributed by atoms with E-state index in [0.29, 0.717) is 11.5 Å². The van der Waals surface area contributed by atoms with Gasteiger partial charge >= 0.3 is 0 Å². The van der Waals surface area contributed by atoms with Crippen LogP contribution in [0.4, 0.5) is 15.8 Å². The van der Waals surface area contributed by atoms with Gasteiger partial charge in [-0.25, -0.2) is 4.39 Å². The van der Waals surface area contributed by atoms with Gasteiger partial charge in [-0.15, -0.1) is 0 Å². The number of likely N-dealkylation sites (N-methyl/N-ethyl adjacent to an activating group) is 1. The van der Waals surface area contributed by atoms with Gasteiger partial charge in [-0.05, 0) is 73.2 Å². The first-order chi connectivity index (χ1) is 15.9. The van der Waals surface area contributed by atoms with E-state index < -0.39 is 0 Å². The third kappa shape index (κ3) is 5.18. The van der Waals surface area contributed by atoms with Gasteiger partial charge in [0.05, 0.1) is 23.0 Å². The number of nitrogens with one attached hydrogen (secondary N) is 1. The van der Waals surface area contributed by atoms with Gasteiger partial charge in [-0.1, -0.05) is 25.3 Å². The van der Waals surface area contributed by atoms with Crippen LogP contribution in [0.3, 0.4) is 0 Å². The molecule has 1 N–H and O–H groups in total. The molecule has 0 aliphatic carbocycles. The number of allylic oxidation sites excluding steroid dienone is 2. The maximum absolute atomic E-state index is 13.5. The quantitative estimate of drug-likeness (QED) is 0.600. The molecule has 0 aromatic heterocycles. The molecule has 1 fully saturated rings. The normalized spacial score (nSPS) is 16.4. The van der Waals surface area contributed by atoms with Crippen molar-refractivity contribution in [1.29, 1.82) is 5.26 Å². The lowest BCUT2D eigenvalue weighted by atomic mass is 9.90. The highest BCUT2D eigenvalue weighted by Gasteiger charge is 2.23. The first-order valence-corrected chi connectivity index (χ1v) is 11.2. The number of hydrogen-bond donors (Lipinski definition) is 1. The zero-order chi connectivity index (χ0) is 23.4. The minimum absolute atomic E-state index is 0.170. The van der Waals surface area contributed by atoms with E-state index in [2.05, 4.69) is 29.4 Å². The van der Waals surface area contributed by atoms with Crippen molar-refractivity contribution < 1.29 is 4.39 Å². The molecule has 2 aliphatic heterocycles. The second-order valence-corrected chi connectivity index (χ2v) is 8.69. The van der Waals surface area contributed by atoms with Crippen LogP contribution in [0.2, 0.25) is 0 Å². The zero-order valence-electron chi connectivity index (χ0n) is 19.0. The number of piperidine rings is 1. The molecule has 0 amide bonds. The smallest absolute Gasteiger partial charge is 0.123 e. The average Bonchev–Trinajstić information content (AvgIpc) is 2.81. The molecule has 5 heteroatoms. The maximum atomic E-state index is 13.5. The highest BCUT2D eigenvalue weighted by Crippen LogP contribution is 2.34. The monoisotopic (exact) mass is 440 g/mol. The van der Waals surface area contributed by atoms with Crippen molar-refractivity contribution in [2.75, 3.05) is 30.4 Å². The predicted molar refractivity (Wildman–Crippen MR) is 133 cm³/mol. The van der Waals surface area contributed by atoms with E-state index >= 15 is 0 Å². The highest BCUT2D eigenvalue weighted by atomic mass is 19.1. The summed E-state index contributed by atoms with van der Waals surface area (Å²) < 4.78 is 13.5. The number of hydrogen-bond acceptors (Lipinski definition) is 4. The van der Waals surface area contributed by atoms with Crippen molar-refractivity contribution in [2.45, 2.75) is 19.3 Å². The molecule has 2 aromatic rings. The number of benzene rings is 2. The molecule has 0 atom stereocenters. The van der Waals surface area contributed by atoms with Gasteiger partial charge in [-0.3, -0.25) is 0 Å². The Labute approximate surface area is 195 Å². The van der Waals surface area contributed by atoms with Crippen molar-refractivity contribution in [3.05, 3.63) is 108 Å². The number of nitriles is 1. The van der Waals surface area contributed by atoms with Gasteiger partial charge in [0.15, 0.2) is 0 Å².